The Bertz CT molecular complexity index is 560. The highest BCUT2D eigenvalue weighted by Crippen LogP contribution is 2.24. The zero-order valence-corrected chi connectivity index (χ0v) is 13.6. The van der Waals surface area contributed by atoms with Gasteiger partial charge in [-0.3, -0.25) is 4.79 Å². The molecule has 2 fully saturated rings. The number of hydrogen-bond acceptors (Lipinski definition) is 4. The average molecular weight is 324 g/mol. The van der Waals surface area contributed by atoms with Gasteiger partial charge in [-0.25, -0.2) is 4.98 Å². The zero-order chi connectivity index (χ0) is 15.7. The highest BCUT2D eigenvalue weighted by atomic mass is 35.5. The van der Waals surface area contributed by atoms with Gasteiger partial charge in [0, 0.05) is 31.7 Å². The molecule has 0 bridgehead atoms. The monoisotopic (exact) mass is 323 g/mol. The average Bonchev–Trinajstić information content (AvgIpc) is 3.03. The zero-order valence-electron chi connectivity index (χ0n) is 12.8. The number of aromatic nitrogens is 1. The molecule has 3 heterocycles. The Kier molecular flexibility index (Phi) is 4.54. The molecule has 0 saturated carbocycles. The molecule has 2 unspecified atom stereocenters. The first-order chi connectivity index (χ1) is 10.5. The summed E-state index contributed by atoms with van der Waals surface area (Å²) in [5, 5.41) is 10.3. The smallest absolute Gasteiger partial charge is 0.254 e. The lowest BCUT2D eigenvalue weighted by Gasteiger charge is -2.34. The number of carbonyl (C=O) groups excluding carboxylic acids is 1. The number of halogens is 1. The highest BCUT2D eigenvalue weighted by Gasteiger charge is 2.28. The standard InChI is InChI=1S/C16H22ClN3O2/c1-11-4-7-20(10-13(11)21)16(22)12-8-14(17)18-15(9-12)19-5-2-3-6-19/h8-9,11,13,21H,2-7,10H2,1H3. The van der Waals surface area contributed by atoms with Crippen molar-refractivity contribution in [2.45, 2.75) is 32.3 Å². The van der Waals surface area contributed by atoms with Gasteiger partial charge in [-0.15, -0.1) is 0 Å². The summed E-state index contributed by atoms with van der Waals surface area (Å²) >= 11 is 6.11. The van der Waals surface area contributed by atoms with Crippen molar-refractivity contribution in [3.8, 4) is 0 Å². The van der Waals surface area contributed by atoms with Gasteiger partial charge in [0.1, 0.15) is 11.0 Å². The summed E-state index contributed by atoms with van der Waals surface area (Å²) in [4.78, 5) is 20.9. The highest BCUT2D eigenvalue weighted by molar-refractivity contribution is 6.29. The number of rotatable bonds is 2. The summed E-state index contributed by atoms with van der Waals surface area (Å²) in [5.41, 5.74) is 0.559. The van der Waals surface area contributed by atoms with Crippen molar-refractivity contribution in [2.24, 2.45) is 5.92 Å². The number of hydrogen-bond donors (Lipinski definition) is 1. The fraction of sp³-hybridized carbons (Fsp3) is 0.625. The Hall–Kier alpha value is -1.33. The molecule has 22 heavy (non-hydrogen) atoms. The van der Waals surface area contributed by atoms with Crippen molar-refractivity contribution in [3.05, 3.63) is 22.8 Å². The van der Waals surface area contributed by atoms with Gasteiger partial charge in [0.2, 0.25) is 0 Å². The summed E-state index contributed by atoms with van der Waals surface area (Å²) in [6, 6.07) is 3.44. The maximum absolute atomic E-state index is 12.7. The predicted octanol–water partition coefficient (Wildman–Crippen LogP) is 2.18. The van der Waals surface area contributed by atoms with Crippen LogP contribution in [0.4, 0.5) is 5.82 Å². The number of piperidine rings is 1. The van der Waals surface area contributed by atoms with E-state index in [2.05, 4.69) is 9.88 Å². The van der Waals surface area contributed by atoms with Crippen LogP contribution in [0, 0.1) is 5.92 Å². The minimum atomic E-state index is -0.451. The van der Waals surface area contributed by atoms with Crippen molar-refractivity contribution in [2.75, 3.05) is 31.1 Å². The van der Waals surface area contributed by atoms with Gasteiger partial charge < -0.3 is 14.9 Å². The van der Waals surface area contributed by atoms with E-state index < -0.39 is 6.10 Å². The Morgan fingerprint density at radius 1 is 1.32 bits per heavy atom. The number of likely N-dealkylation sites (tertiary alicyclic amines) is 1. The van der Waals surface area contributed by atoms with Crippen LogP contribution in [-0.4, -0.2) is 53.2 Å². The molecule has 2 saturated heterocycles. The second-order valence-corrected chi connectivity index (χ2v) is 6.70. The number of aliphatic hydroxyl groups is 1. The fourth-order valence-electron chi connectivity index (χ4n) is 3.13. The summed E-state index contributed by atoms with van der Waals surface area (Å²) in [7, 11) is 0. The fourth-order valence-corrected chi connectivity index (χ4v) is 3.33. The minimum Gasteiger partial charge on any atom is -0.391 e. The molecule has 0 aromatic carbocycles. The molecule has 0 spiro atoms. The predicted molar refractivity (Wildman–Crippen MR) is 86.4 cm³/mol. The number of pyridine rings is 1. The molecule has 1 aromatic heterocycles. The van der Waals surface area contributed by atoms with Crippen molar-refractivity contribution in [3.63, 3.8) is 0 Å². The first-order valence-electron chi connectivity index (χ1n) is 7.94. The quantitative estimate of drug-likeness (QED) is 0.848. The van der Waals surface area contributed by atoms with Crippen LogP contribution < -0.4 is 4.90 Å². The van der Waals surface area contributed by atoms with Gasteiger partial charge in [0.25, 0.3) is 5.91 Å². The molecule has 0 aliphatic carbocycles. The molecule has 0 radical (unpaired) electrons. The summed E-state index contributed by atoms with van der Waals surface area (Å²) in [6.07, 6.45) is 2.67. The molecule has 6 heteroatoms. The number of aliphatic hydroxyl groups excluding tert-OH is 1. The van der Waals surface area contributed by atoms with Crippen molar-refractivity contribution < 1.29 is 9.90 Å². The van der Waals surface area contributed by atoms with Gasteiger partial charge in [0.05, 0.1) is 6.10 Å². The van der Waals surface area contributed by atoms with E-state index in [1.807, 2.05) is 13.0 Å². The third-order valence-electron chi connectivity index (χ3n) is 4.66. The molecule has 2 aliphatic heterocycles. The normalized spacial score (nSPS) is 25.6. The first kappa shape index (κ1) is 15.6. The van der Waals surface area contributed by atoms with Crippen LogP contribution in [0.5, 0.6) is 0 Å². The van der Waals surface area contributed by atoms with Crippen LogP contribution in [0.2, 0.25) is 5.15 Å². The number of carbonyl (C=O) groups is 1. The van der Waals surface area contributed by atoms with Crippen molar-refractivity contribution in [1.82, 2.24) is 9.88 Å². The van der Waals surface area contributed by atoms with Crippen molar-refractivity contribution in [1.29, 1.82) is 0 Å². The number of β-amino-alcohol motifs (C(OH)–C–C–N with tert-alkyl or cyclic N) is 1. The van der Waals surface area contributed by atoms with Gasteiger partial charge >= 0.3 is 0 Å². The van der Waals surface area contributed by atoms with E-state index in [-0.39, 0.29) is 11.8 Å². The lowest BCUT2D eigenvalue weighted by molar-refractivity contribution is 0.0248. The molecule has 2 aliphatic rings. The van der Waals surface area contributed by atoms with E-state index in [1.165, 1.54) is 0 Å². The third-order valence-corrected chi connectivity index (χ3v) is 4.86. The SMILES string of the molecule is CC1CCN(C(=O)c2cc(Cl)nc(N3CCCC3)c2)CC1O. The Labute approximate surface area is 135 Å². The van der Waals surface area contributed by atoms with Gasteiger partial charge in [0.15, 0.2) is 0 Å². The topological polar surface area (TPSA) is 56.7 Å². The Morgan fingerprint density at radius 3 is 2.73 bits per heavy atom. The number of nitrogens with zero attached hydrogens (tertiary/aromatic N) is 3. The van der Waals surface area contributed by atoms with Crippen LogP contribution >= 0.6 is 11.6 Å². The van der Waals surface area contributed by atoms with Crippen LogP contribution in [0.25, 0.3) is 0 Å². The van der Waals surface area contributed by atoms with E-state index in [0.29, 0.717) is 23.8 Å². The third kappa shape index (κ3) is 3.20. The Balaban J connectivity index is 1.80. The Morgan fingerprint density at radius 2 is 2.05 bits per heavy atom. The molecule has 5 nitrogen and oxygen atoms in total. The molecule has 1 N–H and O–H groups in total. The minimum absolute atomic E-state index is 0.0734. The first-order valence-corrected chi connectivity index (χ1v) is 8.32. The van der Waals surface area contributed by atoms with E-state index >= 15 is 0 Å². The maximum atomic E-state index is 12.7. The van der Waals surface area contributed by atoms with Crippen LogP contribution in [0.1, 0.15) is 36.5 Å². The van der Waals surface area contributed by atoms with Crippen LogP contribution in [0.15, 0.2) is 12.1 Å². The summed E-state index contributed by atoms with van der Waals surface area (Å²) < 4.78 is 0. The van der Waals surface area contributed by atoms with E-state index in [9.17, 15) is 9.90 Å². The summed E-state index contributed by atoms with van der Waals surface area (Å²) in [5.74, 6) is 0.945. The van der Waals surface area contributed by atoms with Crippen molar-refractivity contribution >= 4 is 23.3 Å². The molecular weight excluding hydrogens is 302 g/mol. The second kappa shape index (κ2) is 6.42. The van der Waals surface area contributed by atoms with E-state index in [4.69, 9.17) is 11.6 Å². The van der Waals surface area contributed by atoms with Gasteiger partial charge in [-0.2, -0.15) is 0 Å². The molecule has 1 aromatic rings. The van der Waals surface area contributed by atoms with Crippen LogP contribution in [0.3, 0.4) is 0 Å². The van der Waals surface area contributed by atoms with E-state index in [1.54, 1.807) is 11.0 Å². The molecule has 1 amide bonds. The lowest BCUT2D eigenvalue weighted by atomic mass is 9.95. The molecule has 3 rings (SSSR count). The van der Waals surface area contributed by atoms with Crippen LogP contribution in [-0.2, 0) is 0 Å². The molecular formula is C16H22ClN3O2. The van der Waals surface area contributed by atoms with E-state index in [0.717, 1.165) is 38.2 Å². The van der Waals surface area contributed by atoms with Gasteiger partial charge in [-0.1, -0.05) is 18.5 Å². The molecule has 2 atom stereocenters. The summed E-state index contributed by atoms with van der Waals surface area (Å²) in [6.45, 7) is 5.00. The second-order valence-electron chi connectivity index (χ2n) is 6.32. The molecule has 120 valence electrons. The maximum Gasteiger partial charge on any atom is 0.254 e. The largest absolute Gasteiger partial charge is 0.391 e. The lowest BCUT2D eigenvalue weighted by Crippen LogP contribution is -2.45. The number of anilines is 1. The van der Waals surface area contributed by atoms with Gasteiger partial charge in [-0.05, 0) is 37.3 Å². The number of amides is 1.